The van der Waals surface area contributed by atoms with Gasteiger partial charge in [0.15, 0.2) is 0 Å². The van der Waals surface area contributed by atoms with Crippen molar-refractivity contribution in [2.24, 2.45) is 0 Å². The SMILES string of the molecule is CCCCCCCCCCCCCCCCCCOCCOCCOCCOCCOCCOCCOCCOCC. The van der Waals surface area contributed by atoms with Crippen LogP contribution in [0.4, 0.5) is 0 Å². The molecular formula is C34H70O8. The minimum Gasteiger partial charge on any atom is -0.379 e. The quantitative estimate of drug-likeness (QED) is 0.0670. The van der Waals surface area contributed by atoms with Gasteiger partial charge in [-0.3, -0.25) is 0 Å². The van der Waals surface area contributed by atoms with Gasteiger partial charge >= 0.3 is 0 Å². The van der Waals surface area contributed by atoms with Gasteiger partial charge in [0.25, 0.3) is 0 Å². The normalized spacial score (nSPS) is 11.6. The molecule has 0 atom stereocenters. The van der Waals surface area contributed by atoms with E-state index < -0.39 is 0 Å². The predicted octanol–water partition coefficient (Wildman–Crippen LogP) is 7.40. The van der Waals surface area contributed by atoms with Gasteiger partial charge in [-0.05, 0) is 13.3 Å². The molecule has 0 aliphatic carbocycles. The van der Waals surface area contributed by atoms with Gasteiger partial charge in [0.2, 0.25) is 0 Å². The van der Waals surface area contributed by atoms with Crippen LogP contribution in [0.2, 0.25) is 0 Å². The molecule has 0 aliphatic rings. The maximum absolute atomic E-state index is 5.68. The van der Waals surface area contributed by atoms with Gasteiger partial charge in [-0.2, -0.15) is 0 Å². The fourth-order valence-electron chi connectivity index (χ4n) is 4.44. The van der Waals surface area contributed by atoms with E-state index in [-0.39, 0.29) is 0 Å². The highest BCUT2D eigenvalue weighted by atomic mass is 16.6. The van der Waals surface area contributed by atoms with Crippen molar-refractivity contribution in [2.75, 3.05) is 106 Å². The molecule has 254 valence electrons. The van der Waals surface area contributed by atoms with Gasteiger partial charge in [-0.25, -0.2) is 0 Å². The van der Waals surface area contributed by atoms with Gasteiger partial charge in [0, 0.05) is 13.2 Å². The van der Waals surface area contributed by atoms with E-state index in [2.05, 4.69) is 6.92 Å². The Morgan fingerprint density at radius 2 is 0.429 bits per heavy atom. The molecule has 0 aromatic carbocycles. The lowest BCUT2D eigenvalue weighted by Crippen LogP contribution is -2.15. The number of unbranched alkanes of at least 4 members (excludes halogenated alkanes) is 15. The maximum atomic E-state index is 5.68. The van der Waals surface area contributed by atoms with Crippen molar-refractivity contribution in [3.8, 4) is 0 Å². The van der Waals surface area contributed by atoms with Crippen molar-refractivity contribution in [2.45, 2.75) is 117 Å². The second-order valence-corrected chi connectivity index (χ2v) is 10.8. The second-order valence-electron chi connectivity index (χ2n) is 10.8. The van der Waals surface area contributed by atoms with Gasteiger partial charge < -0.3 is 37.9 Å². The highest BCUT2D eigenvalue weighted by Crippen LogP contribution is 2.13. The molecule has 0 heterocycles. The molecule has 8 heteroatoms. The Hall–Kier alpha value is -0.320. The van der Waals surface area contributed by atoms with Gasteiger partial charge in [0.05, 0.1) is 92.5 Å². The zero-order valence-corrected chi connectivity index (χ0v) is 27.9. The Labute approximate surface area is 260 Å². The molecule has 0 saturated carbocycles. The number of rotatable bonds is 39. The topological polar surface area (TPSA) is 73.8 Å². The Morgan fingerprint density at radius 1 is 0.214 bits per heavy atom. The lowest BCUT2D eigenvalue weighted by atomic mass is 10.0. The molecule has 0 bridgehead atoms. The van der Waals surface area contributed by atoms with Crippen LogP contribution in [0.15, 0.2) is 0 Å². The molecule has 42 heavy (non-hydrogen) atoms. The summed E-state index contributed by atoms with van der Waals surface area (Å²) in [6.45, 7) is 14.0. The zero-order chi connectivity index (χ0) is 30.3. The van der Waals surface area contributed by atoms with Gasteiger partial charge in [-0.1, -0.05) is 103 Å². The smallest absolute Gasteiger partial charge is 0.0701 e. The van der Waals surface area contributed by atoms with Crippen molar-refractivity contribution in [3.05, 3.63) is 0 Å². The van der Waals surface area contributed by atoms with Crippen LogP contribution < -0.4 is 0 Å². The Bertz CT molecular complexity index is 415. The summed E-state index contributed by atoms with van der Waals surface area (Å²) < 4.78 is 43.7. The van der Waals surface area contributed by atoms with E-state index in [1.54, 1.807) is 0 Å². The first-order valence-corrected chi connectivity index (χ1v) is 17.5. The van der Waals surface area contributed by atoms with Crippen LogP contribution in [0.3, 0.4) is 0 Å². The van der Waals surface area contributed by atoms with Crippen molar-refractivity contribution in [1.29, 1.82) is 0 Å². The Morgan fingerprint density at radius 3 is 0.690 bits per heavy atom. The monoisotopic (exact) mass is 607 g/mol. The number of hydrogen-bond donors (Lipinski definition) is 0. The van der Waals surface area contributed by atoms with Crippen LogP contribution in [0.25, 0.3) is 0 Å². The van der Waals surface area contributed by atoms with Crippen LogP contribution in [0.1, 0.15) is 117 Å². The highest BCUT2D eigenvalue weighted by molar-refractivity contribution is 4.50. The van der Waals surface area contributed by atoms with Crippen molar-refractivity contribution in [1.82, 2.24) is 0 Å². The van der Waals surface area contributed by atoms with Crippen LogP contribution >= 0.6 is 0 Å². The van der Waals surface area contributed by atoms with E-state index in [1.807, 2.05) is 6.92 Å². The van der Waals surface area contributed by atoms with E-state index >= 15 is 0 Å². The van der Waals surface area contributed by atoms with Crippen molar-refractivity contribution in [3.63, 3.8) is 0 Å². The zero-order valence-electron chi connectivity index (χ0n) is 27.9. The Balaban J connectivity index is 3.02. The second kappa shape index (κ2) is 40.7. The summed E-state index contributed by atoms with van der Waals surface area (Å²) in [7, 11) is 0. The molecule has 0 saturated heterocycles. The molecule has 0 amide bonds. The highest BCUT2D eigenvalue weighted by Gasteiger charge is 1.97. The minimum atomic E-state index is 0.552. The summed E-state index contributed by atoms with van der Waals surface area (Å²) in [6, 6.07) is 0. The molecule has 0 aliphatic heterocycles. The summed E-state index contributed by atoms with van der Waals surface area (Å²) in [4.78, 5) is 0. The van der Waals surface area contributed by atoms with Crippen molar-refractivity contribution < 1.29 is 37.9 Å². The molecule has 0 aromatic heterocycles. The Kier molecular flexibility index (Phi) is 40.4. The first-order chi connectivity index (χ1) is 20.9. The number of ether oxygens (including phenoxy) is 8. The third-order valence-corrected chi connectivity index (χ3v) is 6.95. The summed E-state index contributed by atoms with van der Waals surface area (Å²) >= 11 is 0. The molecule has 0 unspecified atom stereocenters. The summed E-state index contributed by atoms with van der Waals surface area (Å²) in [5.41, 5.74) is 0. The fraction of sp³-hybridized carbons (Fsp3) is 1.00. The minimum absolute atomic E-state index is 0.552. The lowest BCUT2D eigenvalue weighted by molar-refractivity contribution is -0.0229. The van der Waals surface area contributed by atoms with E-state index in [0.29, 0.717) is 92.5 Å². The number of hydrogen-bond acceptors (Lipinski definition) is 8. The molecule has 0 fully saturated rings. The first kappa shape index (κ1) is 41.7. The van der Waals surface area contributed by atoms with Gasteiger partial charge in [0.1, 0.15) is 0 Å². The van der Waals surface area contributed by atoms with E-state index in [9.17, 15) is 0 Å². The molecular weight excluding hydrogens is 536 g/mol. The molecule has 0 aromatic rings. The van der Waals surface area contributed by atoms with E-state index in [1.165, 1.54) is 96.3 Å². The first-order valence-electron chi connectivity index (χ1n) is 17.5. The summed E-state index contributed by atoms with van der Waals surface area (Å²) in [6.07, 6.45) is 22.3. The molecule has 0 N–H and O–H groups in total. The third-order valence-electron chi connectivity index (χ3n) is 6.95. The molecule has 0 radical (unpaired) electrons. The molecule has 8 nitrogen and oxygen atoms in total. The van der Waals surface area contributed by atoms with Crippen LogP contribution in [0.5, 0.6) is 0 Å². The van der Waals surface area contributed by atoms with Crippen LogP contribution in [0, 0.1) is 0 Å². The summed E-state index contributed by atoms with van der Waals surface area (Å²) in [5.74, 6) is 0. The average molecular weight is 607 g/mol. The van der Waals surface area contributed by atoms with Gasteiger partial charge in [-0.15, -0.1) is 0 Å². The molecule has 0 spiro atoms. The predicted molar refractivity (Wildman–Crippen MR) is 172 cm³/mol. The molecule has 0 rings (SSSR count). The van der Waals surface area contributed by atoms with Crippen molar-refractivity contribution >= 4 is 0 Å². The lowest BCUT2D eigenvalue weighted by Gasteiger charge is -2.08. The van der Waals surface area contributed by atoms with Crippen LogP contribution in [-0.4, -0.2) is 106 Å². The van der Waals surface area contributed by atoms with Crippen LogP contribution in [-0.2, 0) is 37.9 Å². The largest absolute Gasteiger partial charge is 0.379 e. The van der Waals surface area contributed by atoms with E-state index in [0.717, 1.165) is 19.6 Å². The fourth-order valence-corrected chi connectivity index (χ4v) is 4.44. The standard InChI is InChI=1S/C34H70O8/c1-3-5-6-7-8-9-10-11-12-13-14-15-16-17-18-19-20-36-23-24-38-27-28-40-31-32-42-34-33-41-30-29-39-26-25-37-22-21-35-4-2/h3-34H2,1-2H3. The third kappa shape index (κ3) is 39.7. The average Bonchev–Trinajstić information content (AvgIpc) is 3.00. The summed E-state index contributed by atoms with van der Waals surface area (Å²) in [5, 5.41) is 0. The maximum Gasteiger partial charge on any atom is 0.0701 e. The van der Waals surface area contributed by atoms with E-state index in [4.69, 9.17) is 37.9 Å².